The van der Waals surface area contributed by atoms with Gasteiger partial charge in [-0.1, -0.05) is 18.2 Å². The quantitative estimate of drug-likeness (QED) is 0.639. The van der Waals surface area contributed by atoms with Gasteiger partial charge >= 0.3 is 5.97 Å². The van der Waals surface area contributed by atoms with Crippen LogP contribution in [0.25, 0.3) is 11.6 Å². The molecule has 2 aliphatic rings. The Balaban J connectivity index is 1.86. The minimum Gasteiger partial charge on any atom is -0.493 e. The molecule has 0 saturated heterocycles. The smallest absolute Gasteiger partial charge is 0.323 e. The van der Waals surface area contributed by atoms with Crippen LogP contribution < -0.4 is 14.2 Å². The van der Waals surface area contributed by atoms with Crippen LogP contribution in [0, 0.1) is 0 Å². The Bertz CT molecular complexity index is 1040. The predicted octanol–water partition coefficient (Wildman–Crippen LogP) is 2.03. The number of benzene rings is 2. The third-order valence-electron chi connectivity index (χ3n) is 4.45. The minimum atomic E-state index is -1.27. The van der Waals surface area contributed by atoms with E-state index in [1.165, 1.54) is 7.11 Å². The molecule has 2 aliphatic heterocycles. The Hall–Kier alpha value is -3.81. The van der Waals surface area contributed by atoms with E-state index in [0.717, 1.165) is 4.90 Å². The summed E-state index contributed by atoms with van der Waals surface area (Å²) in [5, 5.41) is 9.09. The molecule has 2 heterocycles. The van der Waals surface area contributed by atoms with E-state index >= 15 is 0 Å². The highest BCUT2D eigenvalue weighted by atomic mass is 16.7. The lowest BCUT2D eigenvalue weighted by Crippen LogP contribution is -2.44. The van der Waals surface area contributed by atoms with Gasteiger partial charge in [-0.05, 0) is 35.4 Å². The zero-order chi connectivity index (χ0) is 19.8. The first kappa shape index (κ1) is 17.6. The molecule has 4 rings (SSSR count). The molecule has 0 aliphatic carbocycles. The van der Waals surface area contributed by atoms with Crippen molar-refractivity contribution in [1.82, 2.24) is 4.90 Å². The summed E-state index contributed by atoms with van der Waals surface area (Å²) in [6.45, 7) is -0.651. The number of carboxylic acids is 1. The number of hydrogen-bond acceptors (Lipinski definition) is 6. The van der Waals surface area contributed by atoms with Gasteiger partial charge < -0.3 is 19.3 Å². The zero-order valence-corrected chi connectivity index (χ0v) is 14.8. The number of fused-ring (bicyclic) bond motifs is 2. The van der Waals surface area contributed by atoms with Crippen LogP contribution in [0.4, 0.5) is 0 Å². The zero-order valence-electron chi connectivity index (χ0n) is 14.8. The molecule has 0 spiro atoms. The van der Waals surface area contributed by atoms with Gasteiger partial charge in [0.15, 0.2) is 11.5 Å². The van der Waals surface area contributed by atoms with E-state index in [0.29, 0.717) is 28.4 Å². The molecule has 0 unspecified atom stereocenters. The molecule has 0 bridgehead atoms. The lowest BCUT2D eigenvalue weighted by atomic mass is 9.92. The average molecular weight is 381 g/mol. The maximum Gasteiger partial charge on any atom is 0.323 e. The number of hydrogen-bond donors (Lipinski definition) is 1. The van der Waals surface area contributed by atoms with E-state index in [2.05, 4.69) is 0 Å². The summed E-state index contributed by atoms with van der Waals surface area (Å²) in [4.78, 5) is 37.3. The first-order valence-electron chi connectivity index (χ1n) is 8.36. The maximum atomic E-state index is 12.9. The molecule has 2 aromatic carbocycles. The Morgan fingerprint density at radius 3 is 2.64 bits per heavy atom. The SMILES string of the molecule is COc1cc(/C=C2\C(=O)N(CC(=O)O)C(=O)c3ccccc32)cc2c1OCO2. The Morgan fingerprint density at radius 2 is 1.93 bits per heavy atom. The molecule has 2 amide bonds. The molecule has 0 radical (unpaired) electrons. The van der Waals surface area contributed by atoms with Gasteiger partial charge in [0.25, 0.3) is 11.8 Å². The van der Waals surface area contributed by atoms with Crippen molar-refractivity contribution in [2.45, 2.75) is 0 Å². The number of ether oxygens (including phenoxy) is 3. The van der Waals surface area contributed by atoms with E-state index in [4.69, 9.17) is 19.3 Å². The first-order chi connectivity index (χ1) is 13.5. The topological polar surface area (TPSA) is 102 Å². The maximum absolute atomic E-state index is 12.9. The lowest BCUT2D eigenvalue weighted by Gasteiger charge is -2.27. The number of carbonyl (C=O) groups excluding carboxylic acids is 2. The molecule has 0 saturated carbocycles. The molecule has 8 nitrogen and oxygen atoms in total. The Morgan fingerprint density at radius 1 is 1.18 bits per heavy atom. The van der Waals surface area contributed by atoms with E-state index in [-0.39, 0.29) is 17.9 Å². The van der Waals surface area contributed by atoms with Crippen LogP contribution in [0.2, 0.25) is 0 Å². The Labute approximate surface area is 159 Å². The molecule has 1 N–H and O–H groups in total. The van der Waals surface area contributed by atoms with Gasteiger partial charge in [0.05, 0.1) is 7.11 Å². The fourth-order valence-corrected chi connectivity index (χ4v) is 3.22. The van der Waals surface area contributed by atoms with Crippen LogP contribution in [-0.4, -0.2) is 48.2 Å². The summed E-state index contributed by atoms with van der Waals surface area (Å²) >= 11 is 0. The van der Waals surface area contributed by atoms with Gasteiger partial charge in [0.1, 0.15) is 6.54 Å². The normalized spacial score (nSPS) is 16.3. The number of nitrogens with zero attached hydrogens (tertiary/aromatic N) is 1. The second-order valence-electron chi connectivity index (χ2n) is 6.15. The second-order valence-corrected chi connectivity index (χ2v) is 6.15. The summed E-state index contributed by atoms with van der Waals surface area (Å²) in [7, 11) is 1.49. The van der Waals surface area contributed by atoms with Crippen LogP contribution >= 0.6 is 0 Å². The number of rotatable bonds is 4. The summed E-state index contributed by atoms with van der Waals surface area (Å²) in [6.07, 6.45) is 1.58. The molecule has 142 valence electrons. The Kier molecular flexibility index (Phi) is 4.23. The van der Waals surface area contributed by atoms with Gasteiger partial charge in [-0.3, -0.25) is 19.3 Å². The molecule has 2 aromatic rings. The fraction of sp³-hybridized carbons (Fsp3) is 0.150. The summed E-state index contributed by atoms with van der Waals surface area (Å²) in [5.41, 5.74) is 1.50. The van der Waals surface area contributed by atoms with Crippen molar-refractivity contribution in [1.29, 1.82) is 0 Å². The minimum absolute atomic E-state index is 0.0639. The third kappa shape index (κ3) is 2.84. The number of imide groups is 1. The van der Waals surface area contributed by atoms with E-state index in [1.807, 2.05) is 0 Å². The second kappa shape index (κ2) is 6.73. The summed E-state index contributed by atoms with van der Waals surface area (Å²) < 4.78 is 16.1. The standard InChI is InChI=1S/C20H15NO7/c1-26-15-7-11(8-16-18(15)28-10-27-16)6-14-12-4-2-3-5-13(12)19(24)21(20(14)25)9-17(22)23/h2-8H,9-10H2,1H3,(H,22,23)/b14-6-. The molecule has 0 atom stereocenters. The summed E-state index contributed by atoms with van der Waals surface area (Å²) in [6, 6.07) is 9.94. The average Bonchev–Trinajstić information content (AvgIpc) is 3.16. The van der Waals surface area contributed by atoms with E-state index < -0.39 is 24.3 Å². The molecule has 0 fully saturated rings. The van der Waals surface area contributed by atoms with Crippen molar-refractivity contribution in [3.63, 3.8) is 0 Å². The highest BCUT2D eigenvalue weighted by Crippen LogP contribution is 2.43. The fourth-order valence-electron chi connectivity index (χ4n) is 3.22. The molecular weight excluding hydrogens is 366 g/mol. The molecule has 28 heavy (non-hydrogen) atoms. The first-order valence-corrected chi connectivity index (χ1v) is 8.36. The molecule has 0 aromatic heterocycles. The largest absolute Gasteiger partial charge is 0.493 e. The van der Waals surface area contributed by atoms with Crippen molar-refractivity contribution in [3.05, 3.63) is 53.1 Å². The van der Waals surface area contributed by atoms with Gasteiger partial charge in [-0.15, -0.1) is 0 Å². The predicted molar refractivity (Wildman–Crippen MR) is 97.1 cm³/mol. The number of amides is 2. The number of aliphatic carboxylic acids is 1. The number of carbonyl (C=O) groups is 3. The van der Waals surface area contributed by atoms with Crippen LogP contribution in [0.5, 0.6) is 17.2 Å². The van der Waals surface area contributed by atoms with Crippen molar-refractivity contribution in [2.75, 3.05) is 20.4 Å². The van der Waals surface area contributed by atoms with Gasteiger partial charge in [-0.25, -0.2) is 0 Å². The van der Waals surface area contributed by atoms with Crippen LogP contribution in [0.1, 0.15) is 21.5 Å². The summed E-state index contributed by atoms with van der Waals surface area (Å²) in [5.74, 6) is -1.20. The van der Waals surface area contributed by atoms with Gasteiger partial charge in [0.2, 0.25) is 12.5 Å². The highest BCUT2D eigenvalue weighted by molar-refractivity contribution is 6.34. The number of carboxylic acid groups (broad SMARTS) is 1. The van der Waals surface area contributed by atoms with E-state index in [1.54, 1.807) is 42.5 Å². The van der Waals surface area contributed by atoms with Gasteiger partial charge in [0, 0.05) is 11.1 Å². The number of methoxy groups -OCH3 is 1. The highest BCUT2D eigenvalue weighted by Gasteiger charge is 2.35. The van der Waals surface area contributed by atoms with Crippen molar-refractivity contribution in [2.24, 2.45) is 0 Å². The molecular formula is C20H15NO7. The monoisotopic (exact) mass is 381 g/mol. The van der Waals surface area contributed by atoms with Crippen molar-refractivity contribution >= 4 is 29.4 Å². The van der Waals surface area contributed by atoms with Gasteiger partial charge in [-0.2, -0.15) is 0 Å². The lowest BCUT2D eigenvalue weighted by molar-refractivity contribution is -0.141. The molecule has 8 heteroatoms. The third-order valence-corrected chi connectivity index (χ3v) is 4.45. The van der Waals surface area contributed by atoms with E-state index in [9.17, 15) is 14.4 Å². The van der Waals surface area contributed by atoms with Crippen LogP contribution in [0.15, 0.2) is 36.4 Å². The van der Waals surface area contributed by atoms with Crippen LogP contribution in [-0.2, 0) is 9.59 Å². The van der Waals surface area contributed by atoms with Crippen molar-refractivity contribution < 1.29 is 33.7 Å². The van der Waals surface area contributed by atoms with Crippen LogP contribution in [0.3, 0.4) is 0 Å². The van der Waals surface area contributed by atoms with Crippen molar-refractivity contribution in [3.8, 4) is 17.2 Å².